The van der Waals surface area contributed by atoms with Crippen molar-refractivity contribution < 1.29 is 17.2 Å². The molecule has 0 unspecified atom stereocenters. The van der Waals surface area contributed by atoms with E-state index in [1.165, 1.54) is 7.05 Å². The lowest BCUT2D eigenvalue weighted by Crippen LogP contribution is -2.32. The van der Waals surface area contributed by atoms with Gasteiger partial charge in [-0.05, 0) is 38.0 Å². The molecule has 1 aromatic carbocycles. The maximum atomic E-state index is 13.6. The van der Waals surface area contributed by atoms with E-state index in [2.05, 4.69) is 0 Å². The number of hydrogen-bond acceptors (Lipinski definition) is 2. The van der Waals surface area contributed by atoms with Crippen molar-refractivity contribution in [1.29, 1.82) is 0 Å². The summed E-state index contributed by atoms with van der Waals surface area (Å²) < 4.78 is 51.9. The molecule has 18 heavy (non-hydrogen) atoms. The first-order chi connectivity index (χ1) is 8.34. The fraction of sp³-hybridized carbons (Fsp3) is 0.500. The van der Waals surface area contributed by atoms with Crippen LogP contribution >= 0.6 is 0 Å². The van der Waals surface area contributed by atoms with Crippen LogP contribution in [-0.4, -0.2) is 25.0 Å². The van der Waals surface area contributed by atoms with Crippen molar-refractivity contribution in [3.05, 3.63) is 35.4 Å². The summed E-state index contributed by atoms with van der Waals surface area (Å²) in [5.41, 5.74) is 0.0572. The average molecular weight is 275 g/mol. The first kappa shape index (κ1) is 13.4. The Morgan fingerprint density at radius 2 is 1.94 bits per heavy atom. The van der Waals surface area contributed by atoms with Crippen molar-refractivity contribution in [2.24, 2.45) is 0 Å². The van der Waals surface area contributed by atoms with Gasteiger partial charge in [0.15, 0.2) is 0 Å². The molecule has 2 rings (SSSR count). The highest BCUT2D eigenvalue weighted by molar-refractivity contribution is 7.90. The van der Waals surface area contributed by atoms with Gasteiger partial charge in [0.05, 0.1) is 5.25 Å². The van der Waals surface area contributed by atoms with Crippen molar-refractivity contribution in [1.82, 2.24) is 4.31 Å². The lowest BCUT2D eigenvalue weighted by molar-refractivity contribution is 0.385. The van der Waals surface area contributed by atoms with Crippen LogP contribution in [-0.2, 0) is 10.0 Å². The lowest BCUT2D eigenvalue weighted by atomic mass is 10.1. The predicted octanol–water partition coefficient (Wildman–Crippen LogP) is 2.45. The molecule has 0 N–H and O–H groups in total. The van der Waals surface area contributed by atoms with Gasteiger partial charge < -0.3 is 0 Å². The average Bonchev–Trinajstić information content (AvgIpc) is 3.14. The molecule has 0 saturated heterocycles. The van der Waals surface area contributed by atoms with Gasteiger partial charge in [0, 0.05) is 18.7 Å². The van der Waals surface area contributed by atoms with Crippen LogP contribution in [0.15, 0.2) is 18.2 Å². The Hall–Kier alpha value is -1.01. The molecule has 1 aliphatic carbocycles. The molecule has 0 radical (unpaired) electrons. The summed E-state index contributed by atoms with van der Waals surface area (Å²) in [6.45, 7) is 1.55. The van der Waals surface area contributed by atoms with Crippen LogP contribution in [0, 0.1) is 11.6 Å². The zero-order valence-electron chi connectivity index (χ0n) is 10.2. The largest absolute Gasteiger partial charge is 0.217 e. The molecule has 0 spiro atoms. The Kier molecular flexibility index (Phi) is 3.42. The molecule has 0 bridgehead atoms. The van der Waals surface area contributed by atoms with E-state index >= 15 is 0 Å². The first-order valence-corrected chi connectivity index (χ1v) is 7.26. The van der Waals surface area contributed by atoms with Crippen LogP contribution in [0.5, 0.6) is 0 Å². The summed E-state index contributed by atoms with van der Waals surface area (Å²) in [4.78, 5) is 0. The molecule has 1 aliphatic rings. The Labute approximate surface area is 105 Å². The molecule has 1 aromatic rings. The molecule has 0 amide bonds. The van der Waals surface area contributed by atoms with Gasteiger partial charge >= 0.3 is 0 Å². The normalized spacial score (nSPS) is 18.1. The smallest absolute Gasteiger partial charge is 0.212 e. The Morgan fingerprint density at radius 3 is 2.50 bits per heavy atom. The molecule has 1 saturated carbocycles. The van der Waals surface area contributed by atoms with E-state index in [1.54, 1.807) is 6.92 Å². The molecule has 0 aliphatic heterocycles. The summed E-state index contributed by atoms with van der Waals surface area (Å²) in [6, 6.07) is 2.35. The van der Waals surface area contributed by atoms with E-state index in [1.807, 2.05) is 0 Å². The predicted molar refractivity (Wildman–Crippen MR) is 64.5 cm³/mol. The highest BCUT2D eigenvalue weighted by atomic mass is 32.2. The number of sulfonamides is 1. The molecule has 100 valence electrons. The van der Waals surface area contributed by atoms with Crippen LogP contribution in [0.25, 0.3) is 0 Å². The third-order valence-electron chi connectivity index (χ3n) is 3.30. The number of nitrogens with zero attached hydrogens (tertiary/aromatic N) is 1. The van der Waals surface area contributed by atoms with Gasteiger partial charge in [-0.15, -0.1) is 0 Å². The standard InChI is InChI=1S/C12H15F2NO2S/c1-8(11-7-9(13)3-6-12(11)14)15(2)18(16,17)10-4-5-10/h3,6-8,10H,4-5H2,1-2H3/t8-/m0/s1. The molecule has 0 heterocycles. The molecule has 1 fully saturated rings. The second-order valence-electron chi connectivity index (χ2n) is 4.60. The second kappa shape index (κ2) is 4.59. The lowest BCUT2D eigenvalue weighted by Gasteiger charge is -2.25. The van der Waals surface area contributed by atoms with E-state index < -0.39 is 27.7 Å². The van der Waals surface area contributed by atoms with Gasteiger partial charge in [0.2, 0.25) is 10.0 Å². The van der Waals surface area contributed by atoms with Gasteiger partial charge in [-0.3, -0.25) is 0 Å². The highest BCUT2D eigenvalue weighted by Gasteiger charge is 2.40. The molecular formula is C12H15F2NO2S. The quantitative estimate of drug-likeness (QED) is 0.846. The topological polar surface area (TPSA) is 37.4 Å². The minimum Gasteiger partial charge on any atom is -0.212 e. The van der Waals surface area contributed by atoms with Crippen molar-refractivity contribution in [3.63, 3.8) is 0 Å². The zero-order chi connectivity index (χ0) is 13.5. The minimum atomic E-state index is -3.40. The van der Waals surface area contributed by atoms with Crippen LogP contribution in [0.4, 0.5) is 8.78 Å². The van der Waals surface area contributed by atoms with Crippen molar-refractivity contribution in [2.75, 3.05) is 7.05 Å². The molecule has 1 atom stereocenters. The number of rotatable bonds is 4. The van der Waals surface area contributed by atoms with E-state index in [-0.39, 0.29) is 10.8 Å². The summed E-state index contributed by atoms with van der Waals surface area (Å²) >= 11 is 0. The van der Waals surface area contributed by atoms with Gasteiger partial charge in [-0.2, -0.15) is 4.31 Å². The first-order valence-electron chi connectivity index (χ1n) is 5.76. The zero-order valence-corrected chi connectivity index (χ0v) is 11.0. The van der Waals surface area contributed by atoms with Gasteiger partial charge in [-0.25, -0.2) is 17.2 Å². The maximum absolute atomic E-state index is 13.6. The Balaban J connectivity index is 2.30. The highest BCUT2D eigenvalue weighted by Crippen LogP contribution is 2.34. The minimum absolute atomic E-state index is 0.0572. The van der Waals surface area contributed by atoms with Crippen LogP contribution < -0.4 is 0 Å². The van der Waals surface area contributed by atoms with Crippen LogP contribution in [0.2, 0.25) is 0 Å². The fourth-order valence-electron chi connectivity index (χ4n) is 1.85. The summed E-state index contributed by atoms with van der Waals surface area (Å²) in [6.07, 6.45) is 1.29. The Bertz CT molecular complexity index is 555. The summed E-state index contributed by atoms with van der Waals surface area (Å²) in [5.74, 6) is -1.17. The summed E-state index contributed by atoms with van der Waals surface area (Å²) in [7, 11) is -1.99. The van der Waals surface area contributed by atoms with Crippen molar-refractivity contribution in [2.45, 2.75) is 31.1 Å². The third kappa shape index (κ3) is 2.40. The molecule has 3 nitrogen and oxygen atoms in total. The van der Waals surface area contributed by atoms with E-state index in [9.17, 15) is 17.2 Å². The van der Waals surface area contributed by atoms with Gasteiger partial charge in [-0.1, -0.05) is 0 Å². The Morgan fingerprint density at radius 1 is 1.33 bits per heavy atom. The number of halogens is 2. The van der Waals surface area contributed by atoms with Gasteiger partial charge in [0.25, 0.3) is 0 Å². The van der Waals surface area contributed by atoms with E-state index in [0.717, 1.165) is 22.5 Å². The second-order valence-corrected chi connectivity index (χ2v) is 6.87. The molecule has 0 aromatic heterocycles. The number of benzene rings is 1. The SMILES string of the molecule is C[C@@H](c1cc(F)ccc1F)N(C)S(=O)(=O)C1CC1. The van der Waals surface area contributed by atoms with E-state index in [4.69, 9.17) is 0 Å². The number of hydrogen-bond donors (Lipinski definition) is 0. The van der Waals surface area contributed by atoms with Crippen molar-refractivity contribution >= 4 is 10.0 Å². The third-order valence-corrected chi connectivity index (χ3v) is 5.73. The van der Waals surface area contributed by atoms with Crippen molar-refractivity contribution in [3.8, 4) is 0 Å². The monoisotopic (exact) mass is 275 g/mol. The van der Waals surface area contributed by atoms with Crippen LogP contribution in [0.1, 0.15) is 31.4 Å². The fourth-order valence-corrected chi connectivity index (χ4v) is 3.61. The maximum Gasteiger partial charge on any atom is 0.217 e. The molecular weight excluding hydrogens is 260 g/mol. The van der Waals surface area contributed by atoms with Gasteiger partial charge in [0.1, 0.15) is 11.6 Å². The summed E-state index contributed by atoms with van der Waals surface area (Å²) in [5, 5.41) is -0.360. The van der Waals surface area contributed by atoms with E-state index in [0.29, 0.717) is 12.8 Å². The van der Waals surface area contributed by atoms with Crippen LogP contribution in [0.3, 0.4) is 0 Å². The molecule has 6 heteroatoms.